The van der Waals surface area contributed by atoms with Gasteiger partial charge in [-0.1, -0.05) is 36.4 Å². The number of rotatable bonds is 6. The fraction of sp³-hybridized carbons (Fsp3) is 0.333. The van der Waals surface area contributed by atoms with E-state index < -0.39 is 10.0 Å². The summed E-state index contributed by atoms with van der Waals surface area (Å²) in [6, 6.07) is 14.7. The molecule has 2 aromatic carbocycles. The van der Waals surface area contributed by atoms with Crippen LogP contribution >= 0.6 is 0 Å². The summed E-state index contributed by atoms with van der Waals surface area (Å²) in [5.41, 5.74) is 2.88. The van der Waals surface area contributed by atoms with Crippen LogP contribution in [0.15, 0.2) is 64.0 Å². The normalized spacial score (nSPS) is 15.6. The van der Waals surface area contributed by atoms with Crippen LogP contribution in [-0.4, -0.2) is 36.8 Å². The minimum absolute atomic E-state index is 0.0488. The number of ether oxygens (including phenoxy) is 1. The number of benzene rings is 2. The number of hydrogen-bond donors (Lipinski definition) is 0. The second-order valence-corrected chi connectivity index (χ2v) is 9.95. The molecule has 0 atom stereocenters. The zero-order chi connectivity index (χ0) is 22.7. The molecule has 7 nitrogen and oxygen atoms in total. The van der Waals surface area contributed by atoms with Gasteiger partial charge >= 0.3 is 5.97 Å². The summed E-state index contributed by atoms with van der Waals surface area (Å²) in [4.78, 5) is 17.0. The van der Waals surface area contributed by atoms with Crippen LogP contribution in [0.3, 0.4) is 0 Å². The van der Waals surface area contributed by atoms with Crippen LogP contribution in [0.1, 0.15) is 29.9 Å². The number of piperidine rings is 1. The third kappa shape index (κ3) is 4.76. The van der Waals surface area contributed by atoms with Gasteiger partial charge in [-0.25, -0.2) is 13.4 Å². The van der Waals surface area contributed by atoms with Gasteiger partial charge in [0.15, 0.2) is 12.4 Å². The molecule has 32 heavy (non-hydrogen) atoms. The summed E-state index contributed by atoms with van der Waals surface area (Å²) in [7, 11) is -3.57. The molecule has 8 heteroatoms. The minimum Gasteiger partial charge on any atom is -0.455 e. The number of oxazole rings is 1. The van der Waals surface area contributed by atoms with Gasteiger partial charge in [-0.05, 0) is 49.9 Å². The molecule has 168 valence electrons. The van der Waals surface area contributed by atoms with Gasteiger partial charge in [0.2, 0.25) is 15.9 Å². The molecular formula is C24H26N2O5S. The molecule has 0 amide bonds. The standard InChI is InChI=1S/C24H26N2O5S/c1-17-8-9-21(14-18(17)2)32(28,29)26-12-10-20(11-13-26)24(27)30-16-23-25-15-22(31-23)19-6-4-3-5-7-19/h3-9,14-15,20H,10-13,16H2,1-2H3. The SMILES string of the molecule is Cc1ccc(S(=O)(=O)N2CCC(C(=O)OCc3ncc(-c4ccccc4)o3)CC2)cc1C. The Balaban J connectivity index is 1.31. The van der Waals surface area contributed by atoms with Crippen molar-refractivity contribution in [3.8, 4) is 11.3 Å². The molecule has 0 unspecified atom stereocenters. The molecular weight excluding hydrogens is 428 g/mol. The first kappa shape index (κ1) is 22.2. The number of carbonyl (C=O) groups excluding carboxylic acids is 1. The van der Waals surface area contributed by atoms with Crippen molar-refractivity contribution in [1.82, 2.24) is 9.29 Å². The smallest absolute Gasteiger partial charge is 0.309 e. The van der Waals surface area contributed by atoms with Crippen molar-refractivity contribution < 1.29 is 22.4 Å². The molecule has 0 bridgehead atoms. The number of hydrogen-bond acceptors (Lipinski definition) is 6. The van der Waals surface area contributed by atoms with E-state index in [2.05, 4.69) is 4.98 Å². The Morgan fingerprint density at radius 3 is 2.50 bits per heavy atom. The van der Waals surface area contributed by atoms with Gasteiger partial charge in [0, 0.05) is 18.7 Å². The topological polar surface area (TPSA) is 89.7 Å². The summed E-state index contributed by atoms with van der Waals surface area (Å²) in [6.45, 7) is 4.36. The molecule has 1 fully saturated rings. The predicted molar refractivity (Wildman–Crippen MR) is 119 cm³/mol. The highest BCUT2D eigenvalue weighted by atomic mass is 32.2. The lowest BCUT2D eigenvalue weighted by atomic mass is 9.98. The summed E-state index contributed by atoms with van der Waals surface area (Å²) in [5, 5.41) is 0. The molecule has 4 rings (SSSR count). The molecule has 3 aromatic rings. The molecule has 0 aliphatic carbocycles. The fourth-order valence-corrected chi connectivity index (χ4v) is 5.27. The third-order valence-electron chi connectivity index (χ3n) is 5.85. The molecule has 1 saturated heterocycles. The van der Waals surface area contributed by atoms with E-state index in [4.69, 9.17) is 9.15 Å². The average Bonchev–Trinajstić information content (AvgIpc) is 3.29. The van der Waals surface area contributed by atoms with E-state index >= 15 is 0 Å². The van der Waals surface area contributed by atoms with Crippen LogP contribution in [-0.2, 0) is 26.2 Å². The number of aromatic nitrogens is 1. The van der Waals surface area contributed by atoms with Gasteiger partial charge in [0.1, 0.15) is 0 Å². The molecule has 0 radical (unpaired) electrons. The molecule has 1 aliphatic heterocycles. The summed E-state index contributed by atoms with van der Waals surface area (Å²) >= 11 is 0. The van der Waals surface area contributed by atoms with E-state index in [1.54, 1.807) is 18.3 Å². The number of esters is 1. The largest absolute Gasteiger partial charge is 0.455 e. The van der Waals surface area contributed by atoms with Crippen LogP contribution in [0.5, 0.6) is 0 Å². The van der Waals surface area contributed by atoms with Crippen molar-refractivity contribution in [1.29, 1.82) is 0 Å². The Hall–Kier alpha value is -2.97. The fourth-order valence-electron chi connectivity index (χ4n) is 3.72. The second-order valence-electron chi connectivity index (χ2n) is 8.02. The monoisotopic (exact) mass is 454 g/mol. The Kier molecular flexibility index (Phi) is 6.43. The average molecular weight is 455 g/mol. The number of sulfonamides is 1. The molecule has 0 N–H and O–H groups in total. The van der Waals surface area contributed by atoms with Gasteiger partial charge in [-0.3, -0.25) is 4.79 Å². The van der Waals surface area contributed by atoms with Crippen molar-refractivity contribution >= 4 is 16.0 Å². The van der Waals surface area contributed by atoms with Gasteiger partial charge in [0.05, 0.1) is 17.0 Å². The minimum atomic E-state index is -3.57. The highest BCUT2D eigenvalue weighted by Gasteiger charge is 2.33. The second kappa shape index (κ2) is 9.26. The maximum absolute atomic E-state index is 12.9. The Morgan fingerprint density at radius 2 is 1.81 bits per heavy atom. The predicted octanol–water partition coefficient (Wildman–Crippen LogP) is 4.10. The van der Waals surface area contributed by atoms with E-state index in [1.165, 1.54) is 4.31 Å². The zero-order valence-electron chi connectivity index (χ0n) is 18.2. The van der Waals surface area contributed by atoms with Crippen LogP contribution < -0.4 is 0 Å². The summed E-state index contributed by atoms with van der Waals surface area (Å²) in [6.07, 6.45) is 2.45. The van der Waals surface area contributed by atoms with E-state index in [9.17, 15) is 13.2 Å². The van der Waals surface area contributed by atoms with E-state index in [-0.39, 0.29) is 31.6 Å². The Labute approximate surface area is 188 Å². The van der Waals surface area contributed by atoms with Crippen molar-refractivity contribution in [3.05, 3.63) is 71.7 Å². The first-order valence-corrected chi connectivity index (χ1v) is 12.0. The summed E-state index contributed by atoms with van der Waals surface area (Å²) in [5.74, 6) is 0.242. The number of carbonyl (C=O) groups is 1. The van der Waals surface area contributed by atoms with Crippen LogP contribution in [0.25, 0.3) is 11.3 Å². The highest BCUT2D eigenvalue weighted by Crippen LogP contribution is 2.26. The van der Waals surface area contributed by atoms with E-state index in [1.807, 2.05) is 50.2 Å². The maximum Gasteiger partial charge on any atom is 0.309 e. The highest BCUT2D eigenvalue weighted by molar-refractivity contribution is 7.89. The molecule has 0 saturated carbocycles. The molecule has 2 heterocycles. The summed E-state index contributed by atoms with van der Waals surface area (Å²) < 4.78 is 38.4. The lowest BCUT2D eigenvalue weighted by molar-refractivity contribution is -0.151. The third-order valence-corrected chi connectivity index (χ3v) is 7.75. The first-order valence-electron chi connectivity index (χ1n) is 10.6. The van der Waals surface area contributed by atoms with Crippen molar-refractivity contribution in [2.24, 2.45) is 5.92 Å². The lowest BCUT2D eigenvalue weighted by Crippen LogP contribution is -2.40. The molecule has 1 aromatic heterocycles. The van der Waals surface area contributed by atoms with Gasteiger partial charge in [0.25, 0.3) is 0 Å². The van der Waals surface area contributed by atoms with Gasteiger partial charge < -0.3 is 9.15 Å². The van der Waals surface area contributed by atoms with Crippen molar-refractivity contribution in [2.45, 2.75) is 38.2 Å². The molecule has 0 spiro atoms. The number of aryl methyl sites for hydroxylation is 2. The Morgan fingerprint density at radius 1 is 1.09 bits per heavy atom. The van der Waals surface area contributed by atoms with E-state index in [0.717, 1.165) is 16.7 Å². The van der Waals surface area contributed by atoms with Crippen molar-refractivity contribution in [2.75, 3.05) is 13.1 Å². The molecule has 1 aliphatic rings. The van der Waals surface area contributed by atoms with E-state index in [0.29, 0.717) is 29.4 Å². The lowest BCUT2D eigenvalue weighted by Gasteiger charge is -2.30. The maximum atomic E-state index is 12.9. The Bertz CT molecular complexity index is 1200. The number of nitrogens with zero attached hydrogens (tertiary/aromatic N) is 2. The van der Waals surface area contributed by atoms with Crippen LogP contribution in [0.4, 0.5) is 0 Å². The van der Waals surface area contributed by atoms with Crippen molar-refractivity contribution in [3.63, 3.8) is 0 Å². The quantitative estimate of drug-likeness (QED) is 0.521. The van der Waals surface area contributed by atoms with Crippen LogP contribution in [0.2, 0.25) is 0 Å². The first-order chi connectivity index (χ1) is 15.3. The zero-order valence-corrected chi connectivity index (χ0v) is 19.0. The van der Waals surface area contributed by atoms with Crippen LogP contribution in [0, 0.1) is 19.8 Å². The van der Waals surface area contributed by atoms with Gasteiger partial charge in [-0.15, -0.1) is 0 Å². The van der Waals surface area contributed by atoms with Gasteiger partial charge in [-0.2, -0.15) is 4.31 Å².